The molecule has 0 aliphatic rings. The second-order valence-corrected chi connectivity index (χ2v) is 5.61. The molecule has 1 heterocycles. The van der Waals surface area contributed by atoms with Crippen molar-refractivity contribution in [3.8, 4) is 0 Å². The molecule has 0 unspecified atom stereocenters. The smallest absolute Gasteiger partial charge is 0.249 e. The van der Waals surface area contributed by atoms with E-state index >= 15 is 0 Å². The molecule has 0 fully saturated rings. The van der Waals surface area contributed by atoms with Crippen molar-refractivity contribution in [3.63, 3.8) is 0 Å². The van der Waals surface area contributed by atoms with E-state index in [4.69, 9.17) is 11.6 Å². The number of halogens is 2. The summed E-state index contributed by atoms with van der Waals surface area (Å²) >= 11 is 6.10. The summed E-state index contributed by atoms with van der Waals surface area (Å²) in [4.78, 5) is 4.30. The van der Waals surface area contributed by atoms with Gasteiger partial charge in [-0.15, -0.1) is 5.10 Å². The fraction of sp³-hybridized carbons (Fsp3) is 0.118. The van der Waals surface area contributed by atoms with E-state index in [9.17, 15) is 4.39 Å². The maximum atomic E-state index is 13.6. The maximum absolute atomic E-state index is 13.6. The van der Waals surface area contributed by atoms with Crippen LogP contribution in [0, 0.1) is 12.7 Å². The zero-order chi connectivity index (χ0) is 16.9. The summed E-state index contributed by atoms with van der Waals surface area (Å²) in [5.74, 6) is 0.557. The van der Waals surface area contributed by atoms with E-state index in [1.165, 1.54) is 12.3 Å². The first kappa shape index (κ1) is 16.1. The Morgan fingerprint density at radius 2 is 2.00 bits per heavy atom. The van der Waals surface area contributed by atoms with Crippen molar-refractivity contribution in [1.29, 1.82) is 0 Å². The van der Waals surface area contributed by atoms with Gasteiger partial charge in [-0.1, -0.05) is 35.9 Å². The highest BCUT2D eigenvalue weighted by atomic mass is 35.5. The molecule has 1 aromatic heterocycles. The Bertz CT molecular complexity index is 856. The van der Waals surface area contributed by atoms with Crippen LogP contribution in [0.15, 0.2) is 48.7 Å². The van der Waals surface area contributed by atoms with E-state index in [-0.39, 0.29) is 5.82 Å². The molecule has 0 atom stereocenters. The molecular formula is C17H15ClFN5. The molecule has 7 heteroatoms. The van der Waals surface area contributed by atoms with Gasteiger partial charge in [0.05, 0.1) is 6.20 Å². The SMILES string of the molecule is Cc1ccc(Nc2nncc(NCc3ccccc3F)n2)cc1Cl. The second kappa shape index (κ2) is 7.23. The van der Waals surface area contributed by atoms with Crippen LogP contribution < -0.4 is 10.6 Å². The summed E-state index contributed by atoms with van der Waals surface area (Å²) in [6.45, 7) is 2.23. The van der Waals surface area contributed by atoms with Crippen LogP contribution >= 0.6 is 11.6 Å². The highest BCUT2D eigenvalue weighted by molar-refractivity contribution is 6.31. The Labute approximate surface area is 143 Å². The minimum absolute atomic E-state index is 0.264. The lowest BCUT2D eigenvalue weighted by molar-refractivity contribution is 0.613. The first-order valence-corrected chi connectivity index (χ1v) is 7.70. The summed E-state index contributed by atoms with van der Waals surface area (Å²) < 4.78 is 13.6. The van der Waals surface area contributed by atoms with Crippen LogP contribution in [0.25, 0.3) is 0 Å². The number of anilines is 3. The van der Waals surface area contributed by atoms with Gasteiger partial charge in [-0.05, 0) is 30.7 Å². The quantitative estimate of drug-likeness (QED) is 0.722. The molecule has 122 valence electrons. The van der Waals surface area contributed by atoms with Crippen molar-refractivity contribution in [2.45, 2.75) is 13.5 Å². The fourth-order valence-electron chi connectivity index (χ4n) is 2.07. The van der Waals surface area contributed by atoms with Gasteiger partial charge in [0, 0.05) is 22.8 Å². The van der Waals surface area contributed by atoms with Crippen LogP contribution in [0.3, 0.4) is 0 Å². The van der Waals surface area contributed by atoms with Gasteiger partial charge in [0.1, 0.15) is 5.82 Å². The first-order valence-electron chi connectivity index (χ1n) is 7.32. The average molecular weight is 344 g/mol. The van der Waals surface area contributed by atoms with Crippen LogP contribution in [-0.4, -0.2) is 15.2 Å². The molecule has 0 radical (unpaired) electrons. The molecule has 0 amide bonds. The van der Waals surface area contributed by atoms with Crippen LogP contribution in [-0.2, 0) is 6.54 Å². The molecular weight excluding hydrogens is 329 g/mol. The zero-order valence-electron chi connectivity index (χ0n) is 12.9. The van der Waals surface area contributed by atoms with Gasteiger partial charge in [0.2, 0.25) is 5.95 Å². The number of hydrogen-bond donors (Lipinski definition) is 2. The predicted octanol–water partition coefficient (Wildman–Crippen LogP) is 4.33. The number of aromatic nitrogens is 3. The number of hydrogen-bond acceptors (Lipinski definition) is 5. The summed E-state index contributed by atoms with van der Waals surface area (Å²) in [7, 11) is 0. The summed E-state index contributed by atoms with van der Waals surface area (Å²) in [6, 6.07) is 12.1. The Morgan fingerprint density at radius 1 is 1.17 bits per heavy atom. The molecule has 2 aromatic carbocycles. The van der Waals surface area contributed by atoms with Gasteiger partial charge in [0.25, 0.3) is 0 Å². The highest BCUT2D eigenvalue weighted by Crippen LogP contribution is 2.22. The minimum atomic E-state index is -0.264. The van der Waals surface area contributed by atoms with Crippen molar-refractivity contribution in [3.05, 3.63) is 70.6 Å². The Morgan fingerprint density at radius 3 is 2.79 bits per heavy atom. The topological polar surface area (TPSA) is 62.7 Å². The number of nitrogens with one attached hydrogen (secondary N) is 2. The first-order chi connectivity index (χ1) is 11.6. The molecule has 0 spiro atoms. The van der Waals surface area contributed by atoms with Gasteiger partial charge >= 0.3 is 0 Å². The van der Waals surface area contributed by atoms with Gasteiger partial charge in [-0.3, -0.25) is 0 Å². The fourth-order valence-corrected chi connectivity index (χ4v) is 2.25. The van der Waals surface area contributed by atoms with Crippen molar-refractivity contribution >= 4 is 29.1 Å². The normalized spacial score (nSPS) is 10.5. The lowest BCUT2D eigenvalue weighted by Crippen LogP contribution is -2.06. The lowest BCUT2D eigenvalue weighted by atomic mass is 10.2. The second-order valence-electron chi connectivity index (χ2n) is 5.20. The van der Waals surface area contributed by atoms with Gasteiger partial charge in [-0.2, -0.15) is 10.1 Å². The average Bonchev–Trinajstić information content (AvgIpc) is 2.58. The van der Waals surface area contributed by atoms with Crippen LogP contribution in [0.5, 0.6) is 0 Å². The van der Waals surface area contributed by atoms with E-state index in [0.717, 1.165) is 11.3 Å². The van der Waals surface area contributed by atoms with Crippen molar-refractivity contribution in [2.75, 3.05) is 10.6 Å². The van der Waals surface area contributed by atoms with Crippen LogP contribution in [0.1, 0.15) is 11.1 Å². The number of aryl methyl sites for hydroxylation is 1. The maximum Gasteiger partial charge on any atom is 0.249 e. The monoisotopic (exact) mass is 343 g/mol. The van der Waals surface area contributed by atoms with Gasteiger partial charge < -0.3 is 10.6 Å². The molecule has 5 nitrogen and oxygen atoms in total. The minimum Gasteiger partial charge on any atom is -0.364 e. The molecule has 3 aromatic rings. The van der Waals surface area contributed by atoms with Gasteiger partial charge in [0.15, 0.2) is 5.82 Å². The van der Waals surface area contributed by atoms with Crippen molar-refractivity contribution < 1.29 is 4.39 Å². The largest absolute Gasteiger partial charge is 0.364 e. The molecule has 0 bridgehead atoms. The lowest BCUT2D eigenvalue weighted by Gasteiger charge is -2.09. The Kier molecular flexibility index (Phi) is 4.86. The number of nitrogens with zero attached hydrogens (tertiary/aromatic N) is 3. The molecule has 0 aliphatic carbocycles. The summed E-state index contributed by atoms with van der Waals surface area (Å²) in [6.07, 6.45) is 1.48. The molecule has 2 N–H and O–H groups in total. The van der Waals surface area contributed by atoms with E-state index in [2.05, 4.69) is 25.8 Å². The zero-order valence-corrected chi connectivity index (χ0v) is 13.7. The molecule has 0 saturated heterocycles. The number of benzene rings is 2. The standard InChI is InChI=1S/C17H15ClFN5/c1-11-6-7-13(8-14(11)18)22-17-23-16(10-21-24-17)20-9-12-4-2-3-5-15(12)19/h2-8,10H,9H2,1H3,(H2,20,22,23,24). The van der Waals surface area contributed by atoms with Crippen molar-refractivity contribution in [1.82, 2.24) is 15.2 Å². The Balaban J connectivity index is 1.69. The van der Waals surface area contributed by atoms with Crippen LogP contribution in [0.2, 0.25) is 5.02 Å². The third-order valence-electron chi connectivity index (χ3n) is 3.40. The summed E-state index contributed by atoms with van der Waals surface area (Å²) in [5, 5.41) is 14.5. The molecule has 0 aliphatic heterocycles. The van der Waals surface area contributed by atoms with E-state index in [1.807, 2.05) is 19.1 Å². The van der Waals surface area contributed by atoms with Gasteiger partial charge in [-0.25, -0.2) is 4.39 Å². The van der Waals surface area contributed by atoms with Crippen LogP contribution in [0.4, 0.5) is 21.8 Å². The Hall–Kier alpha value is -2.73. The molecule has 24 heavy (non-hydrogen) atoms. The third-order valence-corrected chi connectivity index (χ3v) is 3.81. The van der Waals surface area contributed by atoms with E-state index in [0.29, 0.717) is 28.9 Å². The molecule has 0 saturated carbocycles. The summed E-state index contributed by atoms with van der Waals surface area (Å²) in [5.41, 5.74) is 2.30. The van der Waals surface area contributed by atoms with Crippen molar-refractivity contribution in [2.24, 2.45) is 0 Å². The highest BCUT2D eigenvalue weighted by Gasteiger charge is 2.05. The predicted molar refractivity (Wildman–Crippen MR) is 93.0 cm³/mol. The third kappa shape index (κ3) is 3.97. The van der Waals surface area contributed by atoms with E-state index in [1.54, 1.807) is 24.3 Å². The van der Waals surface area contributed by atoms with E-state index < -0.39 is 0 Å². The number of rotatable bonds is 5. The molecule has 3 rings (SSSR count).